The van der Waals surface area contributed by atoms with E-state index in [2.05, 4.69) is 20.3 Å². The van der Waals surface area contributed by atoms with Crippen LogP contribution in [0.5, 0.6) is 0 Å². The van der Waals surface area contributed by atoms with Crippen molar-refractivity contribution in [1.29, 1.82) is 0 Å². The molecular weight excluding hydrogens is 304 g/mol. The van der Waals surface area contributed by atoms with Gasteiger partial charge in [-0.1, -0.05) is 0 Å². The zero-order valence-corrected chi connectivity index (χ0v) is 14.5. The van der Waals surface area contributed by atoms with E-state index in [9.17, 15) is 4.79 Å². The molecule has 1 unspecified atom stereocenters. The number of carbonyl (C=O) groups excluding carboxylic acids is 1. The first-order valence-electron chi connectivity index (χ1n) is 8.38. The molecule has 1 atom stereocenters. The largest absolute Gasteiger partial charge is 0.356 e. The van der Waals surface area contributed by atoms with E-state index in [4.69, 9.17) is 4.98 Å². The Morgan fingerprint density at radius 3 is 2.83 bits per heavy atom. The van der Waals surface area contributed by atoms with Gasteiger partial charge in [-0.2, -0.15) is 5.10 Å². The van der Waals surface area contributed by atoms with Gasteiger partial charge < -0.3 is 10.2 Å². The third-order valence-electron chi connectivity index (χ3n) is 4.32. The molecule has 1 fully saturated rings. The Balaban J connectivity index is 1.76. The molecule has 24 heavy (non-hydrogen) atoms. The van der Waals surface area contributed by atoms with Crippen molar-refractivity contribution >= 4 is 11.7 Å². The van der Waals surface area contributed by atoms with E-state index in [0.29, 0.717) is 5.92 Å². The summed E-state index contributed by atoms with van der Waals surface area (Å²) in [5.41, 5.74) is 2.01. The topological polar surface area (TPSA) is 75.9 Å². The molecule has 1 saturated heterocycles. The van der Waals surface area contributed by atoms with Gasteiger partial charge in [0.15, 0.2) is 5.82 Å². The zero-order valence-electron chi connectivity index (χ0n) is 14.5. The van der Waals surface area contributed by atoms with Crippen LogP contribution in [-0.4, -0.2) is 45.3 Å². The second-order valence-electron chi connectivity index (χ2n) is 6.47. The van der Waals surface area contributed by atoms with E-state index >= 15 is 0 Å². The lowest BCUT2D eigenvalue weighted by Gasteiger charge is -2.33. The van der Waals surface area contributed by atoms with Crippen LogP contribution >= 0.6 is 0 Å². The summed E-state index contributed by atoms with van der Waals surface area (Å²) in [4.78, 5) is 22.5. The molecule has 128 valence electrons. The number of carbonyl (C=O) groups is 1. The molecule has 3 heterocycles. The number of piperidine rings is 1. The number of hydrogen-bond donors (Lipinski definition) is 1. The van der Waals surface area contributed by atoms with Gasteiger partial charge in [0.2, 0.25) is 5.91 Å². The first-order chi connectivity index (χ1) is 11.5. The van der Waals surface area contributed by atoms with Crippen molar-refractivity contribution in [3.8, 4) is 5.82 Å². The Labute approximate surface area is 142 Å². The number of aryl methyl sites for hydroxylation is 2. The Morgan fingerprint density at radius 2 is 2.12 bits per heavy atom. The molecule has 0 bridgehead atoms. The van der Waals surface area contributed by atoms with Crippen LogP contribution in [0.1, 0.15) is 31.2 Å². The standard InChI is InChI=1S/C17H24N6O/c1-12-7-13(2)23(21-12)17-10-18-9-16(20-17)22-6-4-5-15(11-22)8-19-14(3)24/h7,9-10,15H,4-6,8,11H2,1-3H3,(H,19,24). The fourth-order valence-electron chi connectivity index (χ4n) is 3.19. The Bertz CT molecular complexity index is 726. The van der Waals surface area contributed by atoms with Crippen molar-refractivity contribution in [2.24, 2.45) is 5.92 Å². The van der Waals surface area contributed by atoms with Crippen molar-refractivity contribution in [3.63, 3.8) is 0 Å². The SMILES string of the molecule is CC(=O)NCC1CCCN(c2cncc(-n3nc(C)cc3C)n2)C1. The molecule has 1 aliphatic rings. The third-order valence-corrected chi connectivity index (χ3v) is 4.32. The van der Waals surface area contributed by atoms with E-state index < -0.39 is 0 Å². The molecule has 1 N–H and O–H groups in total. The summed E-state index contributed by atoms with van der Waals surface area (Å²) in [6.07, 6.45) is 5.76. The van der Waals surface area contributed by atoms with E-state index in [-0.39, 0.29) is 5.91 Å². The minimum atomic E-state index is 0.0263. The number of hydrogen-bond acceptors (Lipinski definition) is 5. The van der Waals surface area contributed by atoms with Crippen LogP contribution in [0.2, 0.25) is 0 Å². The number of rotatable bonds is 4. The lowest BCUT2D eigenvalue weighted by atomic mass is 9.98. The second-order valence-corrected chi connectivity index (χ2v) is 6.47. The van der Waals surface area contributed by atoms with E-state index in [1.54, 1.807) is 19.3 Å². The molecule has 0 saturated carbocycles. The smallest absolute Gasteiger partial charge is 0.216 e. The van der Waals surface area contributed by atoms with Gasteiger partial charge in [0.1, 0.15) is 5.82 Å². The maximum absolute atomic E-state index is 11.1. The van der Waals surface area contributed by atoms with Gasteiger partial charge in [0, 0.05) is 32.3 Å². The van der Waals surface area contributed by atoms with Gasteiger partial charge in [-0.05, 0) is 38.7 Å². The highest BCUT2D eigenvalue weighted by molar-refractivity contribution is 5.72. The summed E-state index contributed by atoms with van der Waals surface area (Å²) in [6.45, 7) is 8.11. The molecule has 0 radical (unpaired) electrons. The van der Waals surface area contributed by atoms with Crippen molar-refractivity contribution in [2.75, 3.05) is 24.5 Å². The summed E-state index contributed by atoms with van der Waals surface area (Å²) >= 11 is 0. The molecule has 2 aromatic heterocycles. The first-order valence-corrected chi connectivity index (χ1v) is 8.38. The van der Waals surface area contributed by atoms with Crippen LogP contribution in [0.25, 0.3) is 5.82 Å². The number of amides is 1. The van der Waals surface area contributed by atoms with Crippen LogP contribution < -0.4 is 10.2 Å². The normalized spacial score (nSPS) is 17.8. The number of nitrogens with zero attached hydrogens (tertiary/aromatic N) is 5. The fourth-order valence-corrected chi connectivity index (χ4v) is 3.19. The maximum atomic E-state index is 11.1. The zero-order chi connectivity index (χ0) is 17.1. The summed E-state index contributed by atoms with van der Waals surface area (Å²) in [5, 5.41) is 7.40. The second kappa shape index (κ2) is 6.98. The minimum absolute atomic E-state index is 0.0263. The quantitative estimate of drug-likeness (QED) is 0.923. The van der Waals surface area contributed by atoms with E-state index in [0.717, 1.165) is 55.5 Å². The monoisotopic (exact) mass is 328 g/mol. The van der Waals surface area contributed by atoms with E-state index in [1.807, 2.05) is 24.6 Å². The predicted molar refractivity (Wildman–Crippen MR) is 92.2 cm³/mol. The molecule has 2 aromatic rings. The molecule has 7 heteroatoms. The molecule has 7 nitrogen and oxygen atoms in total. The van der Waals surface area contributed by atoms with Crippen molar-refractivity contribution in [3.05, 3.63) is 29.8 Å². The van der Waals surface area contributed by atoms with Crippen molar-refractivity contribution in [1.82, 2.24) is 25.1 Å². The average Bonchev–Trinajstić information content (AvgIpc) is 2.92. The molecule has 1 aliphatic heterocycles. The Morgan fingerprint density at radius 1 is 1.33 bits per heavy atom. The van der Waals surface area contributed by atoms with Gasteiger partial charge in [-0.3, -0.25) is 9.78 Å². The van der Waals surface area contributed by atoms with Crippen LogP contribution in [0, 0.1) is 19.8 Å². The fraction of sp³-hybridized carbons (Fsp3) is 0.529. The van der Waals surface area contributed by atoms with Crippen LogP contribution in [-0.2, 0) is 4.79 Å². The van der Waals surface area contributed by atoms with E-state index in [1.165, 1.54) is 0 Å². The highest BCUT2D eigenvalue weighted by Crippen LogP contribution is 2.22. The lowest BCUT2D eigenvalue weighted by Crippen LogP contribution is -2.41. The molecule has 0 spiro atoms. The van der Waals surface area contributed by atoms with Crippen LogP contribution in [0.3, 0.4) is 0 Å². The van der Waals surface area contributed by atoms with Gasteiger partial charge in [0.05, 0.1) is 18.1 Å². The molecular formula is C17H24N6O. The van der Waals surface area contributed by atoms with Gasteiger partial charge in [-0.25, -0.2) is 9.67 Å². The molecule has 0 aliphatic carbocycles. The maximum Gasteiger partial charge on any atom is 0.216 e. The van der Waals surface area contributed by atoms with Crippen molar-refractivity contribution in [2.45, 2.75) is 33.6 Å². The lowest BCUT2D eigenvalue weighted by molar-refractivity contribution is -0.119. The number of nitrogens with one attached hydrogen (secondary N) is 1. The highest BCUT2D eigenvalue weighted by atomic mass is 16.1. The van der Waals surface area contributed by atoms with Crippen LogP contribution in [0.4, 0.5) is 5.82 Å². The summed E-state index contributed by atoms with van der Waals surface area (Å²) in [7, 11) is 0. The summed E-state index contributed by atoms with van der Waals surface area (Å²) in [5.74, 6) is 2.08. The molecule has 1 amide bonds. The Hall–Kier alpha value is -2.44. The third kappa shape index (κ3) is 3.72. The number of aromatic nitrogens is 4. The average molecular weight is 328 g/mol. The predicted octanol–water partition coefficient (Wildman–Crippen LogP) is 1.63. The Kier molecular flexibility index (Phi) is 4.78. The van der Waals surface area contributed by atoms with Crippen molar-refractivity contribution < 1.29 is 4.79 Å². The molecule has 3 rings (SSSR count). The van der Waals surface area contributed by atoms with Gasteiger partial charge in [0.25, 0.3) is 0 Å². The van der Waals surface area contributed by atoms with Crippen LogP contribution in [0.15, 0.2) is 18.5 Å². The van der Waals surface area contributed by atoms with Gasteiger partial charge in [-0.15, -0.1) is 0 Å². The first kappa shape index (κ1) is 16.4. The summed E-state index contributed by atoms with van der Waals surface area (Å²) in [6, 6.07) is 2.03. The number of anilines is 1. The summed E-state index contributed by atoms with van der Waals surface area (Å²) < 4.78 is 1.82. The van der Waals surface area contributed by atoms with Gasteiger partial charge >= 0.3 is 0 Å². The molecule has 0 aromatic carbocycles. The highest BCUT2D eigenvalue weighted by Gasteiger charge is 2.21. The minimum Gasteiger partial charge on any atom is -0.356 e.